The Kier molecular flexibility index (Phi) is 8.27. The zero-order valence-corrected chi connectivity index (χ0v) is 19.3. The second-order valence-electron chi connectivity index (χ2n) is 7.56. The van der Waals surface area contributed by atoms with Crippen molar-refractivity contribution < 1.29 is 22.4 Å². The first kappa shape index (κ1) is 24.2. The second-order valence-corrected chi connectivity index (χ2v) is 10.2. The van der Waals surface area contributed by atoms with Crippen LogP contribution in [0.15, 0.2) is 53.4 Å². The molecule has 1 atom stereocenters. The topological polar surface area (TPSA) is 104 Å². The van der Waals surface area contributed by atoms with Gasteiger partial charge in [0.15, 0.2) is 0 Å². The number of carbonyl (C=O) groups excluding carboxylic acids is 2. The molecule has 1 saturated carbocycles. The van der Waals surface area contributed by atoms with Crippen molar-refractivity contribution in [3.05, 3.63) is 59.9 Å². The normalized spacial score (nSPS) is 14.6. The van der Waals surface area contributed by atoms with Gasteiger partial charge in [-0.25, -0.2) is 12.8 Å². The van der Waals surface area contributed by atoms with Crippen molar-refractivity contribution in [3.63, 3.8) is 0 Å². The molecular formula is C22H26FN3O4S2. The number of hydrogen-bond acceptors (Lipinski definition) is 5. The number of anilines is 1. The monoisotopic (exact) mass is 479 g/mol. The minimum absolute atomic E-state index is 0.0184. The maximum atomic E-state index is 14.0. The van der Waals surface area contributed by atoms with Crippen LogP contribution in [-0.4, -0.2) is 38.3 Å². The molecule has 7 nitrogen and oxygen atoms in total. The van der Waals surface area contributed by atoms with Crippen molar-refractivity contribution >= 4 is 39.3 Å². The summed E-state index contributed by atoms with van der Waals surface area (Å²) in [5, 5.41) is 5.58. The maximum Gasteiger partial charge on any atom is 0.244 e. The fraction of sp³-hybridized carbons (Fsp3) is 0.364. The van der Waals surface area contributed by atoms with Gasteiger partial charge in [-0.05, 0) is 61.1 Å². The summed E-state index contributed by atoms with van der Waals surface area (Å²) in [6, 6.07) is 11.1. The molecule has 32 heavy (non-hydrogen) atoms. The zero-order valence-electron chi connectivity index (χ0n) is 17.6. The molecule has 0 aromatic heterocycles. The molecule has 0 radical (unpaired) electrons. The third-order valence-electron chi connectivity index (χ3n) is 4.99. The van der Waals surface area contributed by atoms with Crippen molar-refractivity contribution in [2.75, 3.05) is 17.3 Å². The van der Waals surface area contributed by atoms with Crippen LogP contribution in [0, 0.1) is 11.7 Å². The summed E-state index contributed by atoms with van der Waals surface area (Å²) >= 11 is 1.48. The van der Waals surface area contributed by atoms with Gasteiger partial charge in [-0.3, -0.25) is 9.59 Å². The Labute approximate surface area is 191 Å². The van der Waals surface area contributed by atoms with Crippen LogP contribution in [0.5, 0.6) is 0 Å². The summed E-state index contributed by atoms with van der Waals surface area (Å²) in [5.41, 5.74) is 1.48. The highest BCUT2D eigenvalue weighted by Gasteiger charge is 2.29. The van der Waals surface area contributed by atoms with Crippen LogP contribution in [-0.2, 0) is 26.2 Å². The van der Waals surface area contributed by atoms with Crippen LogP contribution < -0.4 is 15.4 Å². The highest BCUT2D eigenvalue weighted by molar-refractivity contribution is 7.98. The molecule has 0 saturated heterocycles. The van der Waals surface area contributed by atoms with Crippen LogP contribution in [0.2, 0.25) is 0 Å². The van der Waals surface area contributed by atoms with Gasteiger partial charge in [0.05, 0.1) is 0 Å². The lowest BCUT2D eigenvalue weighted by atomic mass is 10.2. The second kappa shape index (κ2) is 10.9. The van der Waals surface area contributed by atoms with E-state index in [0.717, 1.165) is 30.5 Å². The van der Waals surface area contributed by atoms with E-state index in [2.05, 4.69) is 15.4 Å². The molecule has 0 bridgehead atoms. The van der Waals surface area contributed by atoms with Crippen LogP contribution in [0.4, 0.5) is 10.1 Å². The van der Waals surface area contributed by atoms with E-state index < -0.39 is 32.7 Å². The first-order valence-electron chi connectivity index (χ1n) is 10.2. The van der Waals surface area contributed by atoms with Crippen molar-refractivity contribution in [2.45, 2.75) is 36.7 Å². The molecule has 3 N–H and O–H groups in total. The molecule has 0 spiro atoms. The molecule has 1 aliphatic carbocycles. The number of sulfonamides is 1. The van der Waals surface area contributed by atoms with Crippen molar-refractivity contribution in [3.8, 4) is 0 Å². The molecule has 0 aliphatic heterocycles. The summed E-state index contributed by atoms with van der Waals surface area (Å²) in [6.07, 6.45) is 3.96. The molecule has 3 rings (SSSR count). The summed E-state index contributed by atoms with van der Waals surface area (Å²) in [4.78, 5) is 24.0. The predicted octanol–water partition coefficient (Wildman–Crippen LogP) is 2.89. The minimum atomic E-state index is -4.20. The van der Waals surface area contributed by atoms with Crippen LogP contribution in [0.1, 0.15) is 24.8 Å². The highest BCUT2D eigenvalue weighted by atomic mass is 32.2. The summed E-state index contributed by atoms with van der Waals surface area (Å²) < 4.78 is 41.5. The smallest absolute Gasteiger partial charge is 0.244 e. The van der Waals surface area contributed by atoms with Crippen molar-refractivity contribution in [1.82, 2.24) is 10.0 Å². The number of halogens is 1. The van der Waals surface area contributed by atoms with Gasteiger partial charge in [-0.2, -0.15) is 16.5 Å². The van der Waals surface area contributed by atoms with Gasteiger partial charge in [0.1, 0.15) is 16.8 Å². The molecule has 1 aliphatic rings. The van der Waals surface area contributed by atoms with Crippen molar-refractivity contribution in [1.29, 1.82) is 0 Å². The molecule has 10 heteroatoms. The Morgan fingerprint density at radius 2 is 1.81 bits per heavy atom. The molecule has 1 unspecified atom stereocenters. The molecule has 172 valence electrons. The zero-order chi connectivity index (χ0) is 23.1. The lowest BCUT2D eigenvalue weighted by Gasteiger charge is -2.18. The number of thioether (sulfide) groups is 1. The molecular weight excluding hydrogens is 453 g/mol. The Balaban J connectivity index is 1.60. The number of carbonyl (C=O) groups is 2. The Bertz CT molecular complexity index is 1060. The lowest BCUT2D eigenvalue weighted by Crippen LogP contribution is -2.46. The van der Waals surface area contributed by atoms with E-state index in [0.29, 0.717) is 11.4 Å². The largest absolute Gasteiger partial charge is 0.351 e. The summed E-state index contributed by atoms with van der Waals surface area (Å²) in [6.45, 7) is 0.187. The van der Waals surface area contributed by atoms with Gasteiger partial charge >= 0.3 is 0 Å². The first-order valence-corrected chi connectivity index (χ1v) is 13.1. The molecule has 2 aromatic rings. The minimum Gasteiger partial charge on any atom is -0.351 e. The average Bonchev–Trinajstić information content (AvgIpc) is 3.61. The van der Waals surface area contributed by atoms with E-state index in [1.165, 1.54) is 23.9 Å². The lowest BCUT2D eigenvalue weighted by molar-refractivity contribution is -0.123. The number of hydrogen-bond donors (Lipinski definition) is 3. The quantitative estimate of drug-likeness (QED) is 0.460. The molecule has 2 aromatic carbocycles. The van der Waals surface area contributed by atoms with Gasteiger partial charge in [0.25, 0.3) is 0 Å². The summed E-state index contributed by atoms with van der Waals surface area (Å²) in [5.74, 6) is -0.694. The molecule has 1 fully saturated rings. The Morgan fingerprint density at radius 1 is 1.12 bits per heavy atom. The first-order chi connectivity index (χ1) is 15.3. The highest BCUT2D eigenvalue weighted by Crippen LogP contribution is 2.30. The average molecular weight is 480 g/mol. The van der Waals surface area contributed by atoms with Crippen molar-refractivity contribution in [2.24, 2.45) is 5.92 Å². The standard InChI is InChI=1S/C22H26FN3O4S2/c1-31-13-12-19(26-32(29,30)20-5-3-2-4-18(20)23)22(28)24-14-15-6-10-17(11-7-15)25-21(27)16-8-9-16/h2-7,10-11,16,19,26H,8-9,12-14H2,1H3,(H,24,28)(H,25,27). The molecule has 0 heterocycles. The van der Waals surface area contributed by atoms with Gasteiger partial charge in [-0.1, -0.05) is 24.3 Å². The SMILES string of the molecule is CSCCC(NS(=O)(=O)c1ccccc1F)C(=O)NCc1ccc(NC(=O)C2CC2)cc1. The van der Waals surface area contributed by atoms with E-state index in [9.17, 15) is 22.4 Å². The van der Waals surface area contributed by atoms with Gasteiger partial charge in [0, 0.05) is 18.2 Å². The van der Waals surface area contributed by atoms with E-state index in [1.807, 2.05) is 6.26 Å². The molecule has 2 amide bonds. The van der Waals surface area contributed by atoms with Gasteiger partial charge in [-0.15, -0.1) is 0 Å². The Morgan fingerprint density at radius 3 is 2.44 bits per heavy atom. The fourth-order valence-electron chi connectivity index (χ4n) is 3.00. The third kappa shape index (κ3) is 6.78. The van der Waals surface area contributed by atoms with Crippen LogP contribution in [0.25, 0.3) is 0 Å². The Hall–Kier alpha value is -2.43. The number of rotatable bonds is 11. The van der Waals surface area contributed by atoms with E-state index in [-0.39, 0.29) is 24.8 Å². The van der Waals surface area contributed by atoms with Gasteiger partial charge in [0.2, 0.25) is 21.8 Å². The number of amides is 2. The summed E-state index contributed by atoms with van der Waals surface area (Å²) in [7, 11) is -4.20. The maximum absolute atomic E-state index is 14.0. The van der Waals surface area contributed by atoms with E-state index in [1.54, 1.807) is 24.3 Å². The van der Waals surface area contributed by atoms with E-state index >= 15 is 0 Å². The number of nitrogens with one attached hydrogen (secondary N) is 3. The fourth-order valence-corrected chi connectivity index (χ4v) is 4.78. The van der Waals surface area contributed by atoms with Crippen LogP contribution >= 0.6 is 11.8 Å². The van der Waals surface area contributed by atoms with E-state index in [4.69, 9.17) is 0 Å². The van der Waals surface area contributed by atoms with Crippen LogP contribution in [0.3, 0.4) is 0 Å². The number of benzene rings is 2. The van der Waals surface area contributed by atoms with Gasteiger partial charge < -0.3 is 10.6 Å². The third-order valence-corrected chi connectivity index (χ3v) is 7.14. The predicted molar refractivity (Wildman–Crippen MR) is 123 cm³/mol.